The number of Topliss-reactive ketones (excluding diaryl/α,β-unsaturated/α-hetero) is 1. The second kappa shape index (κ2) is 6.57. The van der Waals surface area contributed by atoms with Crippen molar-refractivity contribution in [1.82, 2.24) is 5.32 Å². The Morgan fingerprint density at radius 3 is 2.47 bits per heavy atom. The molecule has 19 heavy (non-hydrogen) atoms. The van der Waals surface area contributed by atoms with Crippen molar-refractivity contribution >= 4 is 23.5 Å². The molecule has 1 N–H and O–H groups in total. The lowest BCUT2D eigenvalue weighted by atomic mass is 9.94. The van der Waals surface area contributed by atoms with Crippen molar-refractivity contribution < 1.29 is 9.59 Å². The zero-order chi connectivity index (χ0) is 13.7. The molecule has 1 aliphatic carbocycles. The van der Waals surface area contributed by atoms with Gasteiger partial charge in [-0.15, -0.1) is 11.8 Å². The number of benzene rings is 1. The van der Waals surface area contributed by atoms with Gasteiger partial charge in [0.2, 0.25) is 0 Å². The van der Waals surface area contributed by atoms with E-state index < -0.39 is 0 Å². The van der Waals surface area contributed by atoms with E-state index in [9.17, 15) is 9.59 Å². The van der Waals surface area contributed by atoms with Gasteiger partial charge in [-0.3, -0.25) is 9.59 Å². The lowest BCUT2D eigenvalue weighted by Crippen LogP contribution is -2.25. The van der Waals surface area contributed by atoms with Gasteiger partial charge in [-0.2, -0.15) is 0 Å². The van der Waals surface area contributed by atoms with E-state index >= 15 is 0 Å². The van der Waals surface area contributed by atoms with Gasteiger partial charge >= 0.3 is 0 Å². The number of nitrogens with one attached hydrogen (secondary N) is 1. The molecule has 1 amide bonds. The average molecular weight is 275 g/mol. The van der Waals surface area contributed by atoms with Crippen molar-refractivity contribution in [2.45, 2.75) is 25.7 Å². The number of hydrogen-bond donors (Lipinski definition) is 1. The van der Waals surface area contributed by atoms with Crippen molar-refractivity contribution in [2.75, 3.05) is 6.26 Å². The third kappa shape index (κ3) is 3.47. The molecule has 0 heterocycles. The molecule has 1 saturated carbocycles. The van der Waals surface area contributed by atoms with Crippen LogP contribution in [0.5, 0.6) is 0 Å². The monoisotopic (exact) mass is 275 g/mol. The Kier molecular flexibility index (Phi) is 4.80. The average Bonchev–Trinajstić information content (AvgIpc) is 2.46. The van der Waals surface area contributed by atoms with Crippen molar-refractivity contribution in [1.29, 1.82) is 0 Å². The van der Waals surface area contributed by atoms with E-state index in [2.05, 4.69) is 5.32 Å². The van der Waals surface area contributed by atoms with E-state index in [-0.39, 0.29) is 11.7 Å². The fourth-order valence-corrected chi connectivity index (χ4v) is 2.79. The minimum absolute atomic E-state index is 0.157. The van der Waals surface area contributed by atoms with Gasteiger partial charge in [0.1, 0.15) is 0 Å². The Bertz CT molecular complexity index is 508. The molecule has 1 aromatic rings. The molecule has 0 aromatic heterocycles. The fourth-order valence-electron chi connectivity index (χ4n) is 2.13. The molecular weight excluding hydrogens is 258 g/mol. The largest absolute Gasteiger partial charge is 0.316 e. The highest BCUT2D eigenvalue weighted by Crippen LogP contribution is 2.26. The summed E-state index contributed by atoms with van der Waals surface area (Å²) in [6.45, 7) is 0. The summed E-state index contributed by atoms with van der Waals surface area (Å²) in [6, 6.07) is 9.05. The van der Waals surface area contributed by atoms with Crippen LogP contribution < -0.4 is 5.32 Å². The summed E-state index contributed by atoms with van der Waals surface area (Å²) in [4.78, 5) is 24.0. The van der Waals surface area contributed by atoms with Gasteiger partial charge in [-0.1, -0.05) is 18.2 Å². The smallest absolute Gasteiger partial charge is 0.256 e. The zero-order valence-corrected chi connectivity index (χ0v) is 11.8. The first-order valence-electron chi connectivity index (χ1n) is 6.39. The number of allylic oxidation sites excluding steroid dienone is 1. The van der Waals surface area contributed by atoms with Crippen molar-refractivity contribution in [2.24, 2.45) is 0 Å². The number of carbonyl (C=O) groups excluding carboxylic acids is 2. The van der Waals surface area contributed by atoms with Crippen LogP contribution in [-0.2, 0) is 4.79 Å². The van der Waals surface area contributed by atoms with E-state index in [1.54, 1.807) is 12.1 Å². The first kappa shape index (κ1) is 13.9. The van der Waals surface area contributed by atoms with Gasteiger partial charge in [0.25, 0.3) is 5.91 Å². The first-order valence-corrected chi connectivity index (χ1v) is 7.61. The van der Waals surface area contributed by atoms with Crippen LogP contribution in [-0.4, -0.2) is 17.9 Å². The third-order valence-electron chi connectivity index (χ3n) is 3.16. The molecule has 2 rings (SSSR count). The van der Waals surface area contributed by atoms with E-state index in [1.807, 2.05) is 24.5 Å². The van der Waals surface area contributed by atoms with Crippen LogP contribution in [0, 0.1) is 0 Å². The molecule has 1 aromatic carbocycles. The maximum atomic E-state index is 12.1. The lowest BCUT2D eigenvalue weighted by molar-refractivity contribution is -0.116. The predicted octanol–water partition coefficient (Wildman–Crippen LogP) is 3.13. The highest BCUT2D eigenvalue weighted by atomic mass is 32.2. The highest BCUT2D eigenvalue weighted by Gasteiger charge is 2.20. The summed E-state index contributed by atoms with van der Waals surface area (Å²) >= 11 is 1.43. The van der Waals surface area contributed by atoms with Crippen LogP contribution in [0.25, 0.3) is 0 Å². The SMILES string of the molecule is CS/C(NC(=O)c1ccccc1)=C1\CCCCC1=O. The number of carbonyl (C=O) groups is 2. The Hall–Kier alpha value is -1.55. The van der Waals surface area contributed by atoms with Gasteiger partial charge in [-0.25, -0.2) is 0 Å². The summed E-state index contributed by atoms with van der Waals surface area (Å²) < 4.78 is 0. The second-order valence-electron chi connectivity index (χ2n) is 4.46. The lowest BCUT2D eigenvalue weighted by Gasteiger charge is -2.17. The van der Waals surface area contributed by atoms with E-state index in [0.717, 1.165) is 24.8 Å². The molecule has 1 fully saturated rings. The number of thioether (sulfide) groups is 1. The van der Waals surface area contributed by atoms with Crippen LogP contribution in [0.2, 0.25) is 0 Å². The Morgan fingerprint density at radius 2 is 1.84 bits per heavy atom. The van der Waals surface area contributed by atoms with Crippen LogP contribution in [0.15, 0.2) is 40.9 Å². The van der Waals surface area contributed by atoms with Gasteiger partial charge in [0.05, 0.1) is 5.03 Å². The number of amides is 1. The standard InChI is InChI=1S/C15H17NO2S/c1-19-15(12-9-5-6-10-13(12)17)16-14(18)11-7-3-2-4-8-11/h2-4,7-8H,5-6,9-10H2,1H3,(H,16,18)/b15-12+. The normalized spacial score (nSPS) is 18.1. The van der Waals surface area contributed by atoms with Gasteiger partial charge < -0.3 is 5.32 Å². The topological polar surface area (TPSA) is 46.2 Å². The summed E-state index contributed by atoms with van der Waals surface area (Å²) in [5.74, 6) is 0.0137. The molecule has 0 saturated heterocycles. The zero-order valence-electron chi connectivity index (χ0n) is 10.9. The first-order chi connectivity index (χ1) is 9.22. The molecule has 0 aliphatic heterocycles. The fraction of sp³-hybridized carbons (Fsp3) is 0.333. The van der Waals surface area contributed by atoms with Crippen LogP contribution in [0.1, 0.15) is 36.0 Å². The molecule has 0 spiro atoms. The summed E-state index contributed by atoms with van der Waals surface area (Å²) in [6.07, 6.45) is 5.23. The number of ketones is 1. The van der Waals surface area contributed by atoms with Gasteiger partial charge in [0.15, 0.2) is 5.78 Å². The summed E-state index contributed by atoms with van der Waals surface area (Å²) in [5.41, 5.74) is 1.39. The van der Waals surface area contributed by atoms with Gasteiger partial charge in [0, 0.05) is 17.6 Å². The maximum Gasteiger partial charge on any atom is 0.256 e. The predicted molar refractivity (Wildman–Crippen MR) is 77.9 cm³/mol. The van der Waals surface area contributed by atoms with Crippen LogP contribution >= 0.6 is 11.8 Å². The molecule has 4 heteroatoms. The van der Waals surface area contributed by atoms with E-state index in [0.29, 0.717) is 17.0 Å². The van der Waals surface area contributed by atoms with Gasteiger partial charge in [-0.05, 0) is 37.7 Å². The Balaban J connectivity index is 2.17. The summed E-state index contributed by atoms with van der Waals surface area (Å²) in [5, 5.41) is 3.57. The van der Waals surface area contributed by atoms with E-state index in [1.165, 1.54) is 11.8 Å². The molecule has 100 valence electrons. The molecule has 0 radical (unpaired) electrons. The Labute approximate surface area is 117 Å². The van der Waals surface area contributed by atoms with Crippen molar-refractivity contribution in [3.63, 3.8) is 0 Å². The molecule has 3 nitrogen and oxygen atoms in total. The van der Waals surface area contributed by atoms with Crippen LogP contribution in [0.4, 0.5) is 0 Å². The molecular formula is C15H17NO2S. The van der Waals surface area contributed by atoms with Crippen LogP contribution in [0.3, 0.4) is 0 Å². The van der Waals surface area contributed by atoms with Crippen molar-refractivity contribution in [3.8, 4) is 0 Å². The molecule has 1 aliphatic rings. The summed E-state index contributed by atoms with van der Waals surface area (Å²) in [7, 11) is 0. The van der Waals surface area contributed by atoms with Crippen molar-refractivity contribution in [3.05, 3.63) is 46.5 Å². The number of rotatable bonds is 3. The molecule has 0 unspecified atom stereocenters. The highest BCUT2D eigenvalue weighted by molar-refractivity contribution is 8.02. The molecule has 0 bridgehead atoms. The minimum Gasteiger partial charge on any atom is -0.316 e. The van der Waals surface area contributed by atoms with E-state index in [4.69, 9.17) is 0 Å². The minimum atomic E-state index is -0.157. The number of hydrogen-bond acceptors (Lipinski definition) is 3. The quantitative estimate of drug-likeness (QED) is 0.862. The maximum absolute atomic E-state index is 12.1. The molecule has 0 atom stereocenters. The third-order valence-corrected chi connectivity index (χ3v) is 3.92. The second-order valence-corrected chi connectivity index (χ2v) is 5.28. The Morgan fingerprint density at radius 1 is 1.16 bits per heavy atom.